The van der Waals surface area contributed by atoms with Gasteiger partial charge in [-0.05, 0) is 36.8 Å². The van der Waals surface area contributed by atoms with Crippen LogP contribution < -0.4 is 4.90 Å². The molecule has 1 aliphatic heterocycles. The first-order valence-corrected chi connectivity index (χ1v) is 9.82. The summed E-state index contributed by atoms with van der Waals surface area (Å²) in [7, 11) is 0. The van der Waals surface area contributed by atoms with Crippen molar-refractivity contribution in [2.24, 2.45) is 0 Å². The van der Waals surface area contributed by atoms with Gasteiger partial charge < -0.3 is 19.9 Å². The van der Waals surface area contributed by atoms with Gasteiger partial charge in [-0.25, -0.2) is 4.98 Å². The number of carbonyl (C=O) groups is 1. The number of H-pyrrole nitrogens is 1. The Morgan fingerprint density at radius 2 is 1.89 bits per heavy atom. The van der Waals surface area contributed by atoms with Crippen molar-refractivity contribution in [3.8, 4) is 5.75 Å². The Hall–Kier alpha value is -2.44. The average molecular weight is 419 g/mol. The predicted molar refractivity (Wildman–Crippen MR) is 111 cm³/mol. The van der Waals surface area contributed by atoms with E-state index >= 15 is 0 Å². The fourth-order valence-electron chi connectivity index (χ4n) is 3.62. The lowest BCUT2D eigenvalue weighted by Crippen LogP contribution is -2.49. The lowest BCUT2D eigenvalue weighted by atomic mass is 10.1. The molecule has 1 amide bonds. The highest BCUT2D eigenvalue weighted by Gasteiger charge is 2.23. The summed E-state index contributed by atoms with van der Waals surface area (Å²) in [5.74, 6) is 1.05. The molecule has 2 aromatic heterocycles. The third-order valence-electron chi connectivity index (χ3n) is 5.18. The van der Waals surface area contributed by atoms with E-state index in [2.05, 4.69) is 14.9 Å². The molecule has 1 saturated heterocycles. The molecule has 1 aromatic carbocycles. The summed E-state index contributed by atoms with van der Waals surface area (Å²) in [5.41, 5.74) is 2.80. The third kappa shape index (κ3) is 3.62. The van der Waals surface area contributed by atoms with Crippen LogP contribution in [0.5, 0.6) is 5.75 Å². The van der Waals surface area contributed by atoms with Gasteiger partial charge in [0.2, 0.25) is 5.91 Å². The Bertz CT molecular complexity index is 1020. The monoisotopic (exact) mass is 418 g/mol. The molecule has 0 atom stereocenters. The van der Waals surface area contributed by atoms with Gasteiger partial charge in [0.1, 0.15) is 11.6 Å². The number of pyridine rings is 1. The molecule has 3 heterocycles. The average Bonchev–Trinajstić information content (AvgIpc) is 2.97. The van der Waals surface area contributed by atoms with E-state index in [0.717, 1.165) is 28.0 Å². The fraction of sp³-hybridized carbons (Fsp3) is 0.300. The van der Waals surface area contributed by atoms with E-state index in [-0.39, 0.29) is 11.7 Å². The number of amides is 1. The van der Waals surface area contributed by atoms with Crippen LogP contribution in [0.1, 0.15) is 11.3 Å². The molecule has 146 valence electrons. The molecule has 0 saturated carbocycles. The minimum absolute atomic E-state index is 0.0911. The number of piperazine rings is 1. The molecule has 0 bridgehead atoms. The lowest BCUT2D eigenvalue weighted by Gasteiger charge is -2.35. The second kappa shape index (κ2) is 7.53. The van der Waals surface area contributed by atoms with Crippen LogP contribution in [0.25, 0.3) is 10.9 Å². The standard InChI is InChI=1S/C20H20Cl2N4O2/c1-12-14(15-8-16(21)17(22)10-18(15)24-12)9-20(28)26-6-4-25(5-7-26)19-3-2-13(27)11-23-19/h2-3,8,10-11,24,27H,4-7,9H2,1H3. The van der Waals surface area contributed by atoms with E-state index in [1.165, 1.54) is 6.20 Å². The number of aryl methyl sites for hydroxylation is 1. The molecule has 3 aromatic rings. The number of carbonyl (C=O) groups excluding carboxylic acids is 1. The van der Waals surface area contributed by atoms with E-state index in [4.69, 9.17) is 23.2 Å². The number of aromatic hydroxyl groups is 1. The predicted octanol–water partition coefficient (Wildman–Crippen LogP) is 3.78. The number of nitrogens with one attached hydrogen (secondary N) is 1. The number of benzene rings is 1. The molecule has 0 radical (unpaired) electrons. The highest BCUT2D eigenvalue weighted by atomic mass is 35.5. The second-order valence-corrected chi connectivity index (χ2v) is 7.77. The summed E-state index contributed by atoms with van der Waals surface area (Å²) < 4.78 is 0. The molecule has 4 rings (SSSR count). The number of rotatable bonds is 3. The number of halogens is 2. The molecule has 8 heteroatoms. The van der Waals surface area contributed by atoms with Crippen molar-refractivity contribution < 1.29 is 9.90 Å². The zero-order chi connectivity index (χ0) is 19.8. The van der Waals surface area contributed by atoms with Crippen LogP contribution >= 0.6 is 23.2 Å². The Labute approximate surface area is 172 Å². The summed E-state index contributed by atoms with van der Waals surface area (Å²) >= 11 is 12.3. The first-order valence-electron chi connectivity index (χ1n) is 9.06. The van der Waals surface area contributed by atoms with Gasteiger partial charge in [0, 0.05) is 42.8 Å². The van der Waals surface area contributed by atoms with Crippen LogP contribution in [-0.2, 0) is 11.2 Å². The summed E-state index contributed by atoms with van der Waals surface area (Å²) in [6.45, 7) is 4.64. The van der Waals surface area contributed by atoms with Gasteiger partial charge in [-0.15, -0.1) is 0 Å². The third-order valence-corrected chi connectivity index (χ3v) is 5.90. The molecule has 0 unspecified atom stereocenters. The highest BCUT2D eigenvalue weighted by Crippen LogP contribution is 2.31. The number of hydrogen-bond acceptors (Lipinski definition) is 4. The van der Waals surface area contributed by atoms with Crippen LogP contribution in [0.15, 0.2) is 30.5 Å². The van der Waals surface area contributed by atoms with E-state index in [1.54, 1.807) is 18.2 Å². The molecular formula is C20H20Cl2N4O2. The van der Waals surface area contributed by atoms with Gasteiger partial charge >= 0.3 is 0 Å². The molecule has 6 nitrogen and oxygen atoms in total. The van der Waals surface area contributed by atoms with Crippen molar-refractivity contribution in [1.29, 1.82) is 0 Å². The number of aromatic amines is 1. The van der Waals surface area contributed by atoms with E-state index in [9.17, 15) is 9.90 Å². The molecule has 2 N–H and O–H groups in total. The van der Waals surface area contributed by atoms with Gasteiger partial charge in [-0.2, -0.15) is 0 Å². The maximum Gasteiger partial charge on any atom is 0.227 e. The fourth-order valence-corrected chi connectivity index (χ4v) is 3.95. The van der Waals surface area contributed by atoms with Crippen molar-refractivity contribution in [3.05, 3.63) is 51.8 Å². The first kappa shape index (κ1) is 18.9. The second-order valence-electron chi connectivity index (χ2n) is 6.96. The van der Waals surface area contributed by atoms with Crippen LogP contribution in [0, 0.1) is 6.92 Å². The number of aromatic nitrogens is 2. The minimum atomic E-state index is 0.0911. The van der Waals surface area contributed by atoms with Crippen LogP contribution in [0.2, 0.25) is 10.0 Å². The summed E-state index contributed by atoms with van der Waals surface area (Å²) in [5, 5.41) is 11.3. The SMILES string of the molecule is Cc1[nH]c2cc(Cl)c(Cl)cc2c1CC(=O)N1CCN(c2ccc(O)cn2)CC1. The van der Waals surface area contributed by atoms with Gasteiger partial charge in [-0.1, -0.05) is 23.2 Å². The van der Waals surface area contributed by atoms with Crippen molar-refractivity contribution in [3.63, 3.8) is 0 Å². The van der Waals surface area contributed by atoms with E-state index in [0.29, 0.717) is 42.6 Å². The Morgan fingerprint density at radius 1 is 1.18 bits per heavy atom. The molecule has 1 fully saturated rings. The van der Waals surface area contributed by atoms with Gasteiger partial charge in [0.25, 0.3) is 0 Å². The largest absolute Gasteiger partial charge is 0.506 e. The van der Waals surface area contributed by atoms with Crippen LogP contribution in [0.4, 0.5) is 5.82 Å². The minimum Gasteiger partial charge on any atom is -0.506 e. The molecule has 28 heavy (non-hydrogen) atoms. The number of fused-ring (bicyclic) bond motifs is 1. The zero-order valence-electron chi connectivity index (χ0n) is 15.4. The Kier molecular flexibility index (Phi) is 5.08. The van der Waals surface area contributed by atoms with Crippen LogP contribution in [-0.4, -0.2) is 52.1 Å². The highest BCUT2D eigenvalue weighted by molar-refractivity contribution is 6.42. The molecular weight excluding hydrogens is 399 g/mol. The normalized spacial score (nSPS) is 14.7. The van der Waals surface area contributed by atoms with Crippen molar-refractivity contribution in [2.75, 3.05) is 31.1 Å². The maximum atomic E-state index is 12.9. The van der Waals surface area contributed by atoms with Crippen molar-refractivity contribution in [2.45, 2.75) is 13.3 Å². The van der Waals surface area contributed by atoms with Crippen molar-refractivity contribution in [1.82, 2.24) is 14.9 Å². The van der Waals surface area contributed by atoms with E-state index < -0.39 is 0 Å². The summed E-state index contributed by atoms with van der Waals surface area (Å²) in [6.07, 6.45) is 1.76. The quantitative estimate of drug-likeness (QED) is 0.678. The number of anilines is 1. The molecule has 1 aliphatic rings. The van der Waals surface area contributed by atoms with Crippen molar-refractivity contribution >= 4 is 45.8 Å². The first-order chi connectivity index (χ1) is 13.4. The summed E-state index contributed by atoms with van der Waals surface area (Å²) in [6, 6.07) is 7.03. The molecule has 0 spiro atoms. The summed E-state index contributed by atoms with van der Waals surface area (Å²) in [4.78, 5) is 24.4. The van der Waals surface area contributed by atoms with Gasteiger partial charge in [0.15, 0.2) is 0 Å². The van der Waals surface area contributed by atoms with Gasteiger partial charge in [0.05, 0.1) is 22.7 Å². The Morgan fingerprint density at radius 3 is 2.57 bits per heavy atom. The maximum absolute atomic E-state index is 12.9. The smallest absolute Gasteiger partial charge is 0.227 e. The van der Waals surface area contributed by atoms with E-state index in [1.807, 2.05) is 17.9 Å². The number of nitrogens with zero attached hydrogens (tertiary/aromatic N) is 3. The van der Waals surface area contributed by atoms with Gasteiger partial charge in [-0.3, -0.25) is 4.79 Å². The van der Waals surface area contributed by atoms with Crippen LogP contribution in [0.3, 0.4) is 0 Å². The topological polar surface area (TPSA) is 72.5 Å². The zero-order valence-corrected chi connectivity index (χ0v) is 16.9. The lowest BCUT2D eigenvalue weighted by molar-refractivity contribution is -0.130. The number of hydrogen-bond donors (Lipinski definition) is 2. The Balaban J connectivity index is 1.45. The molecule has 0 aliphatic carbocycles.